The molecule has 0 unspecified atom stereocenters. The van der Waals surface area contributed by atoms with Crippen LogP contribution in [0.4, 0.5) is 4.39 Å². The molecule has 0 aliphatic carbocycles. The van der Waals surface area contributed by atoms with Crippen LogP contribution in [0.15, 0.2) is 34.9 Å². The molecule has 2 aromatic heterocycles. The molecule has 0 N–H and O–H groups in total. The fourth-order valence-electron chi connectivity index (χ4n) is 1.77. The second-order valence-electron chi connectivity index (χ2n) is 4.20. The molecule has 104 valence electrons. The lowest BCUT2D eigenvalue weighted by molar-refractivity contribution is 0.424. The summed E-state index contributed by atoms with van der Waals surface area (Å²) in [5.74, 6) is 0.417. The van der Waals surface area contributed by atoms with Gasteiger partial charge in [0.05, 0.1) is 4.88 Å². The van der Waals surface area contributed by atoms with E-state index in [0.717, 1.165) is 4.88 Å². The zero-order valence-electron chi connectivity index (χ0n) is 10.5. The van der Waals surface area contributed by atoms with Gasteiger partial charge in [0, 0.05) is 11.4 Å². The fourth-order valence-corrected chi connectivity index (χ4v) is 2.73. The van der Waals surface area contributed by atoms with Gasteiger partial charge >= 0.3 is 0 Å². The third-order valence-corrected chi connectivity index (χ3v) is 4.09. The molecule has 7 heteroatoms. The van der Waals surface area contributed by atoms with Crippen molar-refractivity contribution in [3.05, 3.63) is 57.4 Å². The first kappa shape index (κ1) is 13.7. The average molecular weight is 320 g/mol. The highest BCUT2D eigenvalue weighted by Gasteiger charge is 2.13. The van der Waals surface area contributed by atoms with E-state index in [0.29, 0.717) is 33.6 Å². The summed E-state index contributed by atoms with van der Waals surface area (Å²) >= 11 is 7.24. The molecule has 0 aliphatic rings. The molecule has 0 fully saturated rings. The average Bonchev–Trinajstić information content (AvgIpc) is 3.10. The molecule has 21 heavy (non-hydrogen) atoms. The zero-order chi connectivity index (χ0) is 14.8. The molecule has 2 heterocycles. The summed E-state index contributed by atoms with van der Waals surface area (Å²) in [5, 5.41) is 13.0. The molecule has 4 nitrogen and oxygen atoms in total. The number of benzene rings is 1. The lowest BCUT2D eigenvalue weighted by Crippen LogP contribution is -1.92. The van der Waals surface area contributed by atoms with Crippen molar-refractivity contribution in [2.45, 2.75) is 6.42 Å². The van der Waals surface area contributed by atoms with Gasteiger partial charge in [-0.25, -0.2) is 4.39 Å². The molecule has 0 atom stereocenters. The summed E-state index contributed by atoms with van der Waals surface area (Å²) in [7, 11) is 0. The normalized spacial score (nSPS) is 10.5. The maximum absolute atomic E-state index is 13.0. The van der Waals surface area contributed by atoms with Crippen LogP contribution in [0.25, 0.3) is 10.8 Å². The molecule has 0 saturated carbocycles. The lowest BCUT2D eigenvalue weighted by Gasteiger charge is -2.00. The fraction of sp³-hybridized carbons (Fsp3) is 0.0714. The van der Waals surface area contributed by atoms with Crippen LogP contribution in [0.1, 0.15) is 16.3 Å². The molecule has 0 amide bonds. The van der Waals surface area contributed by atoms with Crippen molar-refractivity contribution in [1.29, 1.82) is 5.26 Å². The van der Waals surface area contributed by atoms with E-state index in [1.165, 1.54) is 23.5 Å². The van der Waals surface area contributed by atoms with E-state index in [-0.39, 0.29) is 5.82 Å². The minimum Gasteiger partial charge on any atom is -0.333 e. The molecule has 0 radical (unpaired) electrons. The Morgan fingerprint density at radius 3 is 2.90 bits per heavy atom. The maximum atomic E-state index is 13.0. The monoisotopic (exact) mass is 319 g/mol. The Morgan fingerprint density at radius 2 is 2.19 bits per heavy atom. The predicted molar refractivity (Wildman–Crippen MR) is 76.5 cm³/mol. The molecule has 3 rings (SSSR count). The molecular weight excluding hydrogens is 313 g/mol. The number of halogens is 2. The summed E-state index contributed by atoms with van der Waals surface area (Å²) < 4.78 is 18.2. The summed E-state index contributed by atoms with van der Waals surface area (Å²) in [5.41, 5.74) is 0.717. The topological polar surface area (TPSA) is 62.7 Å². The van der Waals surface area contributed by atoms with Gasteiger partial charge in [-0.2, -0.15) is 10.2 Å². The van der Waals surface area contributed by atoms with E-state index < -0.39 is 0 Å². The standard InChI is InChI=1S/C14H7ClFN3OS/c15-11-6-9(16)2-1-8(11)5-13-18-14(20-19-13)12-4-3-10(7-17)21-12/h1-4,6H,5H2. The predicted octanol–water partition coefficient (Wildman–Crippen LogP) is 4.05. The number of hydrogen-bond donors (Lipinski definition) is 0. The minimum absolute atomic E-state index is 0.323. The van der Waals surface area contributed by atoms with E-state index in [9.17, 15) is 4.39 Å². The van der Waals surface area contributed by atoms with Gasteiger partial charge < -0.3 is 4.52 Å². The molecule has 0 spiro atoms. The van der Waals surface area contributed by atoms with Gasteiger partial charge in [-0.3, -0.25) is 0 Å². The van der Waals surface area contributed by atoms with Crippen LogP contribution in [0, 0.1) is 17.1 Å². The maximum Gasteiger partial charge on any atom is 0.268 e. The van der Waals surface area contributed by atoms with Crippen LogP contribution < -0.4 is 0 Å². The smallest absolute Gasteiger partial charge is 0.268 e. The number of hydrogen-bond acceptors (Lipinski definition) is 5. The Morgan fingerprint density at radius 1 is 1.33 bits per heavy atom. The van der Waals surface area contributed by atoms with E-state index in [1.807, 2.05) is 0 Å². The zero-order valence-corrected chi connectivity index (χ0v) is 12.1. The lowest BCUT2D eigenvalue weighted by atomic mass is 10.1. The van der Waals surface area contributed by atoms with Crippen molar-refractivity contribution in [3.63, 3.8) is 0 Å². The molecular formula is C14H7ClFN3OS. The molecule has 0 bridgehead atoms. The Kier molecular flexibility index (Phi) is 3.69. The number of nitrogens with zero attached hydrogens (tertiary/aromatic N) is 3. The highest BCUT2D eigenvalue weighted by Crippen LogP contribution is 2.27. The van der Waals surface area contributed by atoms with Gasteiger partial charge in [0.1, 0.15) is 16.8 Å². The van der Waals surface area contributed by atoms with Crippen LogP contribution >= 0.6 is 22.9 Å². The highest BCUT2D eigenvalue weighted by atomic mass is 35.5. The van der Waals surface area contributed by atoms with Crippen molar-refractivity contribution < 1.29 is 8.91 Å². The van der Waals surface area contributed by atoms with Gasteiger partial charge in [-0.1, -0.05) is 22.8 Å². The first-order chi connectivity index (χ1) is 10.2. The van der Waals surface area contributed by atoms with Gasteiger partial charge in [0.15, 0.2) is 5.82 Å². The second kappa shape index (κ2) is 5.64. The Balaban J connectivity index is 1.83. The number of aromatic nitrogens is 2. The molecule has 3 aromatic rings. The Bertz CT molecular complexity index is 837. The highest BCUT2D eigenvalue weighted by molar-refractivity contribution is 7.15. The van der Waals surface area contributed by atoms with Crippen LogP contribution in [0.3, 0.4) is 0 Å². The van der Waals surface area contributed by atoms with Crippen LogP contribution in [0.5, 0.6) is 0 Å². The van der Waals surface area contributed by atoms with Crippen molar-refractivity contribution in [1.82, 2.24) is 10.1 Å². The first-order valence-electron chi connectivity index (χ1n) is 5.92. The third-order valence-electron chi connectivity index (χ3n) is 2.76. The van der Waals surface area contributed by atoms with Crippen LogP contribution in [-0.4, -0.2) is 10.1 Å². The van der Waals surface area contributed by atoms with E-state index in [1.54, 1.807) is 18.2 Å². The first-order valence-corrected chi connectivity index (χ1v) is 7.12. The summed E-state index contributed by atoms with van der Waals surface area (Å²) in [6, 6.07) is 9.67. The second-order valence-corrected chi connectivity index (χ2v) is 5.69. The van der Waals surface area contributed by atoms with Gasteiger partial charge in [0.2, 0.25) is 0 Å². The summed E-state index contributed by atoms with van der Waals surface area (Å²) in [6.45, 7) is 0. The molecule has 0 saturated heterocycles. The summed E-state index contributed by atoms with van der Waals surface area (Å²) in [4.78, 5) is 5.57. The van der Waals surface area contributed by atoms with Crippen molar-refractivity contribution in [2.24, 2.45) is 0 Å². The number of nitriles is 1. The number of thiophene rings is 1. The van der Waals surface area contributed by atoms with Crippen LogP contribution in [-0.2, 0) is 6.42 Å². The minimum atomic E-state index is -0.389. The SMILES string of the molecule is N#Cc1ccc(-c2nc(Cc3ccc(F)cc3Cl)no2)s1. The van der Waals surface area contributed by atoms with Crippen LogP contribution in [0.2, 0.25) is 5.02 Å². The van der Waals surface area contributed by atoms with Gasteiger partial charge in [-0.15, -0.1) is 11.3 Å². The Hall–Kier alpha value is -2.23. The van der Waals surface area contributed by atoms with Crippen molar-refractivity contribution in [3.8, 4) is 16.8 Å². The van der Waals surface area contributed by atoms with E-state index in [4.69, 9.17) is 21.4 Å². The van der Waals surface area contributed by atoms with Gasteiger partial charge in [-0.05, 0) is 29.8 Å². The van der Waals surface area contributed by atoms with E-state index >= 15 is 0 Å². The van der Waals surface area contributed by atoms with E-state index in [2.05, 4.69) is 16.2 Å². The molecule has 1 aromatic carbocycles. The van der Waals surface area contributed by atoms with Gasteiger partial charge in [0.25, 0.3) is 5.89 Å². The third kappa shape index (κ3) is 2.94. The molecule has 0 aliphatic heterocycles. The quantitative estimate of drug-likeness (QED) is 0.730. The van der Waals surface area contributed by atoms with Crippen molar-refractivity contribution >= 4 is 22.9 Å². The largest absolute Gasteiger partial charge is 0.333 e. The summed E-state index contributed by atoms with van der Waals surface area (Å²) in [6.07, 6.45) is 0.346. The van der Waals surface area contributed by atoms with Crippen molar-refractivity contribution in [2.75, 3.05) is 0 Å². The number of rotatable bonds is 3. The Labute approximate surface area is 128 Å².